The molecule has 10 heteroatoms. The third kappa shape index (κ3) is 3.94. The van der Waals surface area contributed by atoms with E-state index < -0.39 is 23.2 Å². The maximum atomic E-state index is 13.5. The first-order chi connectivity index (χ1) is 9.77. The smallest absolute Gasteiger partial charge is 0.301 e. The van der Waals surface area contributed by atoms with Crippen LogP contribution in [0.1, 0.15) is 11.3 Å². The second-order valence-corrected chi connectivity index (χ2v) is 5.18. The number of rotatable bonds is 3. The highest BCUT2D eigenvalue weighted by molar-refractivity contribution is 7.98. The first-order valence-electron chi connectivity index (χ1n) is 5.36. The number of halogens is 5. The molecule has 2 aromatic rings. The number of nitrogens with zero attached hydrogens (tertiary/aromatic N) is 2. The Balaban J connectivity index is 2.25. The van der Waals surface area contributed by atoms with Crippen LogP contribution >= 0.6 is 23.4 Å². The molecule has 0 aliphatic carbocycles. The standard InChI is InChI=1S/C11H6ClF4N3OS/c12-6-2-17-3-7(13)5(6)4-21-10-18-8(11(14,15)16)1-9(20)19-10/h1-3H,4H2,(H,18,19,20). The Labute approximate surface area is 124 Å². The van der Waals surface area contributed by atoms with Gasteiger partial charge in [-0.25, -0.2) is 9.37 Å². The minimum Gasteiger partial charge on any atom is -0.301 e. The fraction of sp³-hybridized carbons (Fsp3) is 0.182. The largest absolute Gasteiger partial charge is 0.433 e. The maximum absolute atomic E-state index is 13.5. The summed E-state index contributed by atoms with van der Waals surface area (Å²) < 4.78 is 51.0. The molecule has 4 nitrogen and oxygen atoms in total. The number of alkyl halides is 3. The van der Waals surface area contributed by atoms with Crippen LogP contribution in [0, 0.1) is 5.82 Å². The predicted molar refractivity (Wildman–Crippen MR) is 68.6 cm³/mol. The average Bonchev–Trinajstić information content (AvgIpc) is 2.36. The van der Waals surface area contributed by atoms with E-state index in [0.717, 1.165) is 18.0 Å². The van der Waals surface area contributed by atoms with Crippen molar-refractivity contribution in [2.75, 3.05) is 0 Å². The lowest BCUT2D eigenvalue weighted by atomic mass is 10.3. The van der Waals surface area contributed by atoms with Crippen molar-refractivity contribution >= 4 is 23.4 Å². The molecular weight excluding hydrogens is 334 g/mol. The maximum Gasteiger partial charge on any atom is 0.433 e. The van der Waals surface area contributed by atoms with Gasteiger partial charge < -0.3 is 4.98 Å². The van der Waals surface area contributed by atoms with Crippen molar-refractivity contribution in [2.45, 2.75) is 17.1 Å². The minimum absolute atomic E-state index is 0.0387. The number of aromatic amines is 1. The van der Waals surface area contributed by atoms with Gasteiger partial charge in [-0.3, -0.25) is 9.78 Å². The normalized spacial score (nSPS) is 11.7. The molecular formula is C11H6ClF4N3OS. The lowest BCUT2D eigenvalue weighted by Gasteiger charge is -2.08. The number of thioether (sulfide) groups is 1. The molecule has 0 aliphatic rings. The monoisotopic (exact) mass is 339 g/mol. The highest BCUT2D eigenvalue weighted by atomic mass is 35.5. The third-order valence-corrected chi connectivity index (χ3v) is 3.54. The van der Waals surface area contributed by atoms with Crippen molar-refractivity contribution in [2.24, 2.45) is 0 Å². The van der Waals surface area contributed by atoms with Crippen molar-refractivity contribution in [3.05, 3.63) is 50.9 Å². The van der Waals surface area contributed by atoms with Crippen molar-refractivity contribution in [1.29, 1.82) is 0 Å². The van der Waals surface area contributed by atoms with Crippen LogP contribution in [0.5, 0.6) is 0 Å². The summed E-state index contributed by atoms with van der Waals surface area (Å²) in [5.41, 5.74) is -2.19. The third-order valence-electron chi connectivity index (χ3n) is 2.32. The summed E-state index contributed by atoms with van der Waals surface area (Å²) >= 11 is 6.47. The van der Waals surface area contributed by atoms with E-state index in [1.54, 1.807) is 0 Å². The fourth-order valence-corrected chi connectivity index (χ4v) is 2.57. The van der Waals surface area contributed by atoms with Crippen LogP contribution in [0.15, 0.2) is 28.4 Å². The van der Waals surface area contributed by atoms with E-state index in [1.807, 2.05) is 0 Å². The summed E-state index contributed by atoms with van der Waals surface area (Å²) in [5, 5.41) is -0.237. The summed E-state index contributed by atoms with van der Waals surface area (Å²) in [6.07, 6.45) is -2.59. The summed E-state index contributed by atoms with van der Waals surface area (Å²) in [6, 6.07) is 0.351. The van der Waals surface area contributed by atoms with Gasteiger partial charge in [0.05, 0.1) is 11.2 Å². The first kappa shape index (κ1) is 15.8. The van der Waals surface area contributed by atoms with Crippen LogP contribution in [0.25, 0.3) is 0 Å². The number of pyridine rings is 1. The predicted octanol–water partition coefficient (Wildman–Crippen LogP) is 3.27. The van der Waals surface area contributed by atoms with Gasteiger partial charge in [-0.2, -0.15) is 13.2 Å². The number of nitrogens with one attached hydrogen (secondary N) is 1. The highest BCUT2D eigenvalue weighted by Crippen LogP contribution is 2.29. The second kappa shape index (κ2) is 6.02. The molecule has 0 radical (unpaired) electrons. The van der Waals surface area contributed by atoms with Gasteiger partial charge in [0.15, 0.2) is 10.9 Å². The van der Waals surface area contributed by atoms with Crippen LogP contribution in [-0.2, 0) is 11.9 Å². The molecule has 1 N–H and O–H groups in total. The summed E-state index contributed by atoms with van der Waals surface area (Å²) in [5.74, 6) is -0.790. The van der Waals surface area contributed by atoms with E-state index in [1.165, 1.54) is 6.20 Å². The summed E-state index contributed by atoms with van der Waals surface area (Å²) in [4.78, 5) is 20.1. The molecule has 0 saturated heterocycles. The van der Waals surface area contributed by atoms with Gasteiger partial charge >= 0.3 is 6.18 Å². The molecule has 0 saturated carbocycles. The van der Waals surface area contributed by atoms with E-state index in [4.69, 9.17) is 11.6 Å². The Morgan fingerprint density at radius 1 is 1.33 bits per heavy atom. The van der Waals surface area contributed by atoms with Gasteiger partial charge in [0.1, 0.15) is 5.82 Å². The Hall–Kier alpha value is -1.61. The van der Waals surface area contributed by atoms with E-state index in [2.05, 4.69) is 15.0 Å². The SMILES string of the molecule is O=c1cc(C(F)(F)F)nc(SCc2c(F)cncc2Cl)[nH]1. The summed E-state index contributed by atoms with van der Waals surface area (Å²) in [6.45, 7) is 0. The van der Waals surface area contributed by atoms with Crippen molar-refractivity contribution in [1.82, 2.24) is 15.0 Å². The van der Waals surface area contributed by atoms with E-state index >= 15 is 0 Å². The van der Waals surface area contributed by atoms with Crippen molar-refractivity contribution in [3.63, 3.8) is 0 Å². The van der Waals surface area contributed by atoms with Gasteiger partial charge in [0.2, 0.25) is 0 Å². The van der Waals surface area contributed by atoms with Crippen LogP contribution in [0.4, 0.5) is 17.6 Å². The molecule has 0 amide bonds. The van der Waals surface area contributed by atoms with Gasteiger partial charge in [-0.15, -0.1) is 0 Å². The number of hydrogen-bond donors (Lipinski definition) is 1. The molecule has 0 spiro atoms. The molecule has 112 valence electrons. The van der Waals surface area contributed by atoms with Crippen LogP contribution in [0.3, 0.4) is 0 Å². The van der Waals surface area contributed by atoms with Crippen LogP contribution in [0.2, 0.25) is 5.02 Å². The van der Waals surface area contributed by atoms with Crippen LogP contribution in [-0.4, -0.2) is 15.0 Å². The number of aromatic nitrogens is 3. The van der Waals surface area contributed by atoms with E-state index in [9.17, 15) is 22.4 Å². The number of hydrogen-bond acceptors (Lipinski definition) is 4. The van der Waals surface area contributed by atoms with E-state index in [0.29, 0.717) is 6.07 Å². The van der Waals surface area contributed by atoms with Gasteiger partial charge in [0.25, 0.3) is 5.56 Å². The molecule has 0 fully saturated rings. The molecule has 2 aromatic heterocycles. The Bertz CT molecular complexity index is 699. The van der Waals surface area contributed by atoms with Crippen LogP contribution < -0.4 is 5.56 Å². The zero-order valence-electron chi connectivity index (χ0n) is 10.0. The summed E-state index contributed by atoms with van der Waals surface area (Å²) in [7, 11) is 0. The molecule has 21 heavy (non-hydrogen) atoms. The van der Waals surface area contributed by atoms with Gasteiger partial charge in [-0.1, -0.05) is 23.4 Å². The van der Waals surface area contributed by atoms with E-state index in [-0.39, 0.29) is 21.5 Å². The van der Waals surface area contributed by atoms with Crippen molar-refractivity contribution < 1.29 is 17.6 Å². The Morgan fingerprint density at radius 3 is 2.67 bits per heavy atom. The van der Waals surface area contributed by atoms with Gasteiger partial charge in [-0.05, 0) is 0 Å². The molecule has 0 atom stereocenters. The first-order valence-corrected chi connectivity index (χ1v) is 6.73. The molecule has 2 heterocycles. The zero-order valence-corrected chi connectivity index (χ0v) is 11.6. The lowest BCUT2D eigenvalue weighted by Crippen LogP contribution is -2.16. The highest BCUT2D eigenvalue weighted by Gasteiger charge is 2.33. The fourth-order valence-electron chi connectivity index (χ4n) is 1.37. The Morgan fingerprint density at radius 2 is 2.05 bits per heavy atom. The average molecular weight is 340 g/mol. The zero-order chi connectivity index (χ0) is 15.6. The molecule has 0 unspecified atom stereocenters. The quantitative estimate of drug-likeness (QED) is 0.530. The van der Waals surface area contributed by atoms with Crippen molar-refractivity contribution in [3.8, 4) is 0 Å². The number of H-pyrrole nitrogens is 1. The Kier molecular flexibility index (Phi) is 4.52. The molecule has 0 aliphatic heterocycles. The molecule has 2 rings (SSSR count). The van der Waals surface area contributed by atoms with Gasteiger partial charge in [0, 0.05) is 23.6 Å². The topological polar surface area (TPSA) is 58.6 Å². The molecule has 0 aromatic carbocycles. The lowest BCUT2D eigenvalue weighted by molar-refractivity contribution is -0.141. The second-order valence-electron chi connectivity index (χ2n) is 3.80. The minimum atomic E-state index is -4.73. The molecule has 0 bridgehead atoms.